The van der Waals surface area contributed by atoms with Crippen LogP contribution >= 0.6 is 0 Å². The number of aliphatic hydroxyl groups is 1. The van der Waals surface area contributed by atoms with E-state index in [-0.39, 0.29) is 12.5 Å². The summed E-state index contributed by atoms with van der Waals surface area (Å²) in [6, 6.07) is 3.44. The molecule has 0 atom stereocenters. The zero-order valence-corrected chi connectivity index (χ0v) is 10.1. The number of anilines is 1. The molecule has 1 heterocycles. The first-order valence-corrected chi connectivity index (χ1v) is 5.20. The number of nitrogens with zero attached hydrogens (tertiary/aromatic N) is 2. The number of nitrogens with one attached hydrogen (secondary N) is 1. The third kappa shape index (κ3) is 3.26. The highest BCUT2D eigenvalue weighted by Crippen LogP contribution is 2.20. The normalized spacial score (nSPS) is 10.8. The number of hydrogen-bond acceptors (Lipinski definition) is 4. The zero-order valence-electron chi connectivity index (χ0n) is 10.1. The highest BCUT2D eigenvalue weighted by Gasteiger charge is 2.22. The van der Waals surface area contributed by atoms with Gasteiger partial charge in [0.1, 0.15) is 6.07 Å². The maximum absolute atomic E-state index is 11.8. The molecular weight excluding hydrogens is 218 g/mol. The molecule has 0 aromatic carbocycles. The molecule has 2 N–H and O–H groups in total. The van der Waals surface area contributed by atoms with Crippen molar-refractivity contribution < 1.29 is 9.90 Å². The molecule has 0 saturated heterocycles. The van der Waals surface area contributed by atoms with Gasteiger partial charge in [0.25, 0.3) is 0 Å². The quantitative estimate of drug-likeness (QED) is 0.809. The van der Waals surface area contributed by atoms with Crippen molar-refractivity contribution in [2.75, 3.05) is 5.32 Å². The fourth-order valence-corrected chi connectivity index (χ4v) is 1.10. The minimum atomic E-state index is -0.546. The maximum Gasteiger partial charge on any atom is 0.229 e. The third-order valence-electron chi connectivity index (χ3n) is 2.18. The first kappa shape index (κ1) is 13.1. The Bertz CT molecular complexity index is 470. The van der Waals surface area contributed by atoms with Crippen LogP contribution in [-0.2, 0) is 11.4 Å². The molecule has 0 aliphatic rings. The van der Waals surface area contributed by atoms with E-state index in [0.717, 1.165) is 0 Å². The molecule has 1 aromatic heterocycles. The predicted octanol–water partition coefficient (Wildman–Crippen LogP) is 1.43. The lowest BCUT2D eigenvalue weighted by molar-refractivity contribution is -0.123. The third-order valence-corrected chi connectivity index (χ3v) is 2.18. The topological polar surface area (TPSA) is 86.0 Å². The molecule has 0 aliphatic carbocycles. The van der Waals surface area contributed by atoms with Crippen LogP contribution < -0.4 is 5.32 Å². The van der Waals surface area contributed by atoms with Gasteiger partial charge in [-0.3, -0.25) is 9.78 Å². The summed E-state index contributed by atoms with van der Waals surface area (Å²) in [5, 5.41) is 20.5. The molecule has 1 aromatic rings. The molecule has 17 heavy (non-hydrogen) atoms. The van der Waals surface area contributed by atoms with Crippen LogP contribution in [0, 0.1) is 16.7 Å². The average Bonchev–Trinajstić information content (AvgIpc) is 2.27. The Morgan fingerprint density at radius 3 is 2.71 bits per heavy atom. The molecule has 0 unspecified atom stereocenters. The average molecular weight is 233 g/mol. The lowest BCUT2D eigenvalue weighted by Gasteiger charge is -2.18. The number of nitriles is 1. The van der Waals surface area contributed by atoms with E-state index < -0.39 is 5.41 Å². The van der Waals surface area contributed by atoms with Crippen molar-refractivity contribution >= 4 is 11.6 Å². The standard InChI is InChI=1S/C12H15N3O2/c1-12(2,3)11(17)15-9-4-8(5-13)6-14-10(9)7-16/h4,6,16H,7H2,1-3H3,(H,15,17). The Morgan fingerprint density at radius 1 is 1.59 bits per heavy atom. The summed E-state index contributed by atoms with van der Waals surface area (Å²) >= 11 is 0. The van der Waals surface area contributed by atoms with Crippen LogP contribution in [0.3, 0.4) is 0 Å². The monoisotopic (exact) mass is 233 g/mol. The Kier molecular flexibility index (Phi) is 3.81. The van der Waals surface area contributed by atoms with Crippen LogP contribution in [0.15, 0.2) is 12.3 Å². The van der Waals surface area contributed by atoms with E-state index in [2.05, 4.69) is 10.3 Å². The van der Waals surface area contributed by atoms with E-state index in [9.17, 15) is 4.79 Å². The van der Waals surface area contributed by atoms with Gasteiger partial charge in [-0.1, -0.05) is 20.8 Å². The Labute approximate surface area is 100 Å². The highest BCUT2D eigenvalue weighted by molar-refractivity contribution is 5.95. The summed E-state index contributed by atoms with van der Waals surface area (Å²) in [6.07, 6.45) is 1.36. The Morgan fingerprint density at radius 2 is 2.24 bits per heavy atom. The molecule has 0 bridgehead atoms. The molecule has 0 fully saturated rings. The minimum absolute atomic E-state index is 0.191. The number of hydrogen-bond donors (Lipinski definition) is 2. The van der Waals surface area contributed by atoms with Crippen molar-refractivity contribution in [2.24, 2.45) is 5.41 Å². The smallest absolute Gasteiger partial charge is 0.229 e. The van der Waals surface area contributed by atoms with Gasteiger partial charge in [-0.15, -0.1) is 0 Å². The Hall–Kier alpha value is -1.93. The number of carbonyl (C=O) groups is 1. The Balaban J connectivity index is 3.05. The number of amides is 1. The molecule has 0 spiro atoms. The first-order chi connectivity index (χ1) is 7.88. The fraction of sp³-hybridized carbons (Fsp3) is 0.417. The molecule has 1 amide bonds. The van der Waals surface area contributed by atoms with E-state index >= 15 is 0 Å². The number of pyridine rings is 1. The predicted molar refractivity (Wildman–Crippen MR) is 63.0 cm³/mol. The van der Waals surface area contributed by atoms with E-state index in [0.29, 0.717) is 16.9 Å². The lowest BCUT2D eigenvalue weighted by atomic mass is 9.95. The molecule has 0 aliphatic heterocycles. The number of rotatable bonds is 2. The van der Waals surface area contributed by atoms with E-state index in [1.807, 2.05) is 6.07 Å². The number of aliphatic hydroxyl groups excluding tert-OH is 1. The van der Waals surface area contributed by atoms with Crippen LogP contribution in [-0.4, -0.2) is 16.0 Å². The second kappa shape index (κ2) is 4.93. The molecule has 1 rings (SSSR count). The van der Waals surface area contributed by atoms with Crippen molar-refractivity contribution in [3.8, 4) is 6.07 Å². The largest absolute Gasteiger partial charge is 0.390 e. The van der Waals surface area contributed by atoms with Gasteiger partial charge in [-0.2, -0.15) is 5.26 Å². The van der Waals surface area contributed by atoms with Crippen molar-refractivity contribution in [1.82, 2.24) is 4.98 Å². The molecule has 5 nitrogen and oxygen atoms in total. The van der Waals surface area contributed by atoms with Crippen LogP contribution in [0.5, 0.6) is 0 Å². The van der Waals surface area contributed by atoms with Crippen LogP contribution in [0.2, 0.25) is 0 Å². The van der Waals surface area contributed by atoms with Crippen molar-refractivity contribution in [2.45, 2.75) is 27.4 Å². The van der Waals surface area contributed by atoms with E-state index in [1.165, 1.54) is 12.3 Å². The van der Waals surface area contributed by atoms with Gasteiger partial charge in [0.05, 0.1) is 23.6 Å². The number of carbonyl (C=O) groups excluding carboxylic acids is 1. The van der Waals surface area contributed by atoms with Crippen LogP contribution in [0.4, 0.5) is 5.69 Å². The van der Waals surface area contributed by atoms with Gasteiger partial charge >= 0.3 is 0 Å². The number of aromatic nitrogens is 1. The molecular formula is C12H15N3O2. The van der Waals surface area contributed by atoms with Crippen molar-refractivity contribution in [3.63, 3.8) is 0 Å². The SMILES string of the molecule is CC(C)(C)C(=O)Nc1cc(C#N)cnc1CO. The van der Waals surface area contributed by atoms with Gasteiger partial charge in [0.15, 0.2) is 0 Å². The molecule has 5 heteroatoms. The van der Waals surface area contributed by atoms with Crippen LogP contribution in [0.1, 0.15) is 32.0 Å². The van der Waals surface area contributed by atoms with Crippen LogP contribution in [0.25, 0.3) is 0 Å². The van der Waals surface area contributed by atoms with Gasteiger partial charge in [0.2, 0.25) is 5.91 Å². The van der Waals surface area contributed by atoms with Crippen molar-refractivity contribution in [1.29, 1.82) is 5.26 Å². The van der Waals surface area contributed by atoms with E-state index in [1.54, 1.807) is 20.8 Å². The second-order valence-electron chi connectivity index (χ2n) is 4.69. The second-order valence-corrected chi connectivity index (χ2v) is 4.69. The first-order valence-electron chi connectivity index (χ1n) is 5.20. The highest BCUT2D eigenvalue weighted by atomic mass is 16.3. The molecule has 90 valence electrons. The maximum atomic E-state index is 11.8. The molecule has 0 saturated carbocycles. The van der Waals surface area contributed by atoms with Crippen molar-refractivity contribution in [3.05, 3.63) is 23.5 Å². The van der Waals surface area contributed by atoms with E-state index in [4.69, 9.17) is 10.4 Å². The zero-order chi connectivity index (χ0) is 13.1. The lowest BCUT2D eigenvalue weighted by Crippen LogP contribution is -2.28. The molecule has 0 radical (unpaired) electrons. The summed E-state index contributed by atoms with van der Waals surface area (Å²) in [4.78, 5) is 15.7. The van der Waals surface area contributed by atoms with Gasteiger partial charge in [-0.25, -0.2) is 0 Å². The summed E-state index contributed by atoms with van der Waals surface area (Å²) in [6.45, 7) is 5.05. The summed E-state index contributed by atoms with van der Waals surface area (Å²) in [7, 11) is 0. The summed E-state index contributed by atoms with van der Waals surface area (Å²) < 4.78 is 0. The van der Waals surface area contributed by atoms with Gasteiger partial charge < -0.3 is 10.4 Å². The van der Waals surface area contributed by atoms with Gasteiger partial charge in [0, 0.05) is 11.6 Å². The summed E-state index contributed by atoms with van der Waals surface area (Å²) in [5.41, 5.74) is 0.523. The van der Waals surface area contributed by atoms with Gasteiger partial charge in [-0.05, 0) is 6.07 Å². The fourth-order valence-electron chi connectivity index (χ4n) is 1.10. The minimum Gasteiger partial charge on any atom is -0.390 e. The summed E-state index contributed by atoms with van der Waals surface area (Å²) in [5.74, 6) is -0.191.